The minimum absolute atomic E-state index is 0.632. The second-order valence-corrected chi connectivity index (χ2v) is 3.86. The fourth-order valence-electron chi connectivity index (χ4n) is 1.33. The molecule has 0 spiro atoms. The number of aryl methyl sites for hydroxylation is 1. The summed E-state index contributed by atoms with van der Waals surface area (Å²) < 4.78 is 1.34. The standard InChI is InChI=1S/C10H11NS/c1-7-6-12-10-4-8(5-11)2-3-9(7)10/h2-4,6H,5,11H2,1H3. The van der Waals surface area contributed by atoms with Crippen molar-refractivity contribution in [1.82, 2.24) is 0 Å². The van der Waals surface area contributed by atoms with E-state index in [1.165, 1.54) is 21.2 Å². The second kappa shape index (κ2) is 2.88. The summed E-state index contributed by atoms with van der Waals surface area (Å²) in [7, 11) is 0. The Balaban J connectivity index is 2.69. The molecular formula is C10H11NS. The highest BCUT2D eigenvalue weighted by atomic mass is 32.1. The third-order valence-electron chi connectivity index (χ3n) is 2.07. The van der Waals surface area contributed by atoms with Gasteiger partial charge in [0.15, 0.2) is 0 Å². The number of hydrogen-bond donors (Lipinski definition) is 1. The fraction of sp³-hybridized carbons (Fsp3) is 0.200. The normalized spacial score (nSPS) is 10.8. The van der Waals surface area contributed by atoms with Gasteiger partial charge in [0.2, 0.25) is 0 Å². The van der Waals surface area contributed by atoms with Crippen molar-refractivity contribution in [3.05, 3.63) is 34.7 Å². The van der Waals surface area contributed by atoms with E-state index in [-0.39, 0.29) is 0 Å². The zero-order valence-corrected chi connectivity index (χ0v) is 7.82. The first-order chi connectivity index (χ1) is 5.81. The molecule has 0 amide bonds. The summed E-state index contributed by atoms with van der Waals surface area (Å²) in [5.74, 6) is 0. The summed E-state index contributed by atoms with van der Waals surface area (Å²) in [6, 6.07) is 6.43. The lowest BCUT2D eigenvalue weighted by Crippen LogP contribution is -1.94. The van der Waals surface area contributed by atoms with Crippen molar-refractivity contribution in [3.63, 3.8) is 0 Å². The number of fused-ring (bicyclic) bond motifs is 1. The van der Waals surface area contributed by atoms with Gasteiger partial charge < -0.3 is 5.73 Å². The lowest BCUT2D eigenvalue weighted by molar-refractivity contribution is 1.08. The highest BCUT2D eigenvalue weighted by molar-refractivity contribution is 7.17. The summed E-state index contributed by atoms with van der Waals surface area (Å²) >= 11 is 1.79. The van der Waals surface area contributed by atoms with Crippen LogP contribution in [0.15, 0.2) is 23.6 Å². The average Bonchev–Trinajstić information content (AvgIpc) is 2.47. The molecule has 0 aliphatic rings. The molecule has 1 nitrogen and oxygen atoms in total. The van der Waals surface area contributed by atoms with E-state index >= 15 is 0 Å². The molecule has 0 atom stereocenters. The zero-order valence-electron chi connectivity index (χ0n) is 7.00. The Morgan fingerprint density at radius 3 is 3.00 bits per heavy atom. The molecule has 0 bridgehead atoms. The van der Waals surface area contributed by atoms with Crippen LogP contribution in [0, 0.1) is 6.92 Å². The van der Waals surface area contributed by atoms with Gasteiger partial charge in [-0.1, -0.05) is 12.1 Å². The van der Waals surface area contributed by atoms with Crippen LogP contribution in [0.1, 0.15) is 11.1 Å². The molecule has 0 saturated heterocycles. The summed E-state index contributed by atoms with van der Waals surface area (Å²) in [4.78, 5) is 0. The van der Waals surface area contributed by atoms with Crippen molar-refractivity contribution in [2.24, 2.45) is 5.73 Å². The Labute approximate surface area is 75.8 Å². The molecule has 1 aromatic carbocycles. The molecule has 0 saturated carbocycles. The molecule has 0 radical (unpaired) electrons. The number of nitrogens with two attached hydrogens (primary N) is 1. The molecule has 2 aromatic rings. The fourth-order valence-corrected chi connectivity index (χ4v) is 2.34. The van der Waals surface area contributed by atoms with E-state index in [1.807, 2.05) is 0 Å². The van der Waals surface area contributed by atoms with Gasteiger partial charge in [-0.05, 0) is 34.9 Å². The van der Waals surface area contributed by atoms with E-state index in [0.29, 0.717) is 6.54 Å². The Morgan fingerprint density at radius 1 is 1.42 bits per heavy atom. The Bertz CT molecular complexity index is 403. The van der Waals surface area contributed by atoms with Gasteiger partial charge in [-0.15, -0.1) is 11.3 Å². The van der Waals surface area contributed by atoms with Crippen LogP contribution in [0.4, 0.5) is 0 Å². The van der Waals surface area contributed by atoms with Crippen LogP contribution in [-0.2, 0) is 6.54 Å². The van der Waals surface area contributed by atoms with Crippen molar-refractivity contribution in [2.45, 2.75) is 13.5 Å². The lowest BCUT2D eigenvalue weighted by atomic mass is 10.1. The van der Waals surface area contributed by atoms with Gasteiger partial charge in [0.25, 0.3) is 0 Å². The first-order valence-electron chi connectivity index (χ1n) is 3.98. The second-order valence-electron chi connectivity index (χ2n) is 2.95. The summed E-state index contributed by atoms with van der Waals surface area (Å²) in [6.07, 6.45) is 0. The molecule has 0 fully saturated rings. The predicted octanol–water partition coefficient (Wildman–Crippen LogP) is 2.67. The Hall–Kier alpha value is -0.860. The molecule has 2 heteroatoms. The third kappa shape index (κ3) is 1.13. The lowest BCUT2D eigenvalue weighted by Gasteiger charge is -1.96. The SMILES string of the molecule is Cc1csc2cc(CN)ccc12. The van der Waals surface area contributed by atoms with Crippen LogP contribution >= 0.6 is 11.3 Å². The van der Waals surface area contributed by atoms with Gasteiger partial charge in [-0.3, -0.25) is 0 Å². The Kier molecular flexibility index (Phi) is 1.87. The van der Waals surface area contributed by atoms with Gasteiger partial charge in [-0.2, -0.15) is 0 Å². The number of benzene rings is 1. The van der Waals surface area contributed by atoms with Gasteiger partial charge in [0.1, 0.15) is 0 Å². The number of rotatable bonds is 1. The van der Waals surface area contributed by atoms with Crippen LogP contribution in [0.3, 0.4) is 0 Å². The highest BCUT2D eigenvalue weighted by Crippen LogP contribution is 2.25. The summed E-state index contributed by atoms with van der Waals surface area (Å²) in [5.41, 5.74) is 8.12. The maximum absolute atomic E-state index is 5.55. The monoisotopic (exact) mass is 177 g/mol. The van der Waals surface area contributed by atoms with E-state index in [1.54, 1.807) is 11.3 Å². The largest absolute Gasteiger partial charge is 0.326 e. The summed E-state index contributed by atoms with van der Waals surface area (Å²) in [5, 5.41) is 3.54. The zero-order chi connectivity index (χ0) is 8.55. The number of hydrogen-bond acceptors (Lipinski definition) is 2. The molecule has 62 valence electrons. The highest BCUT2D eigenvalue weighted by Gasteiger charge is 1.99. The molecule has 0 unspecified atom stereocenters. The molecule has 0 aliphatic carbocycles. The maximum Gasteiger partial charge on any atom is 0.0348 e. The molecule has 12 heavy (non-hydrogen) atoms. The first kappa shape index (κ1) is 7.77. The smallest absolute Gasteiger partial charge is 0.0348 e. The van der Waals surface area contributed by atoms with E-state index in [9.17, 15) is 0 Å². The number of thiophene rings is 1. The molecule has 1 aromatic heterocycles. The third-order valence-corrected chi connectivity index (χ3v) is 3.13. The Morgan fingerprint density at radius 2 is 2.25 bits per heavy atom. The maximum atomic E-state index is 5.55. The van der Waals surface area contributed by atoms with Crippen LogP contribution in [0.2, 0.25) is 0 Å². The van der Waals surface area contributed by atoms with Crippen LogP contribution in [-0.4, -0.2) is 0 Å². The van der Waals surface area contributed by atoms with Crippen molar-refractivity contribution in [1.29, 1.82) is 0 Å². The quantitative estimate of drug-likeness (QED) is 0.712. The van der Waals surface area contributed by atoms with Gasteiger partial charge in [0.05, 0.1) is 0 Å². The molecule has 2 N–H and O–H groups in total. The minimum atomic E-state index is 0.632. The van der Waals surface area contributed by atoms with E-state index in [0.717, 1.165) is 0 Å². The topological polar surface area (TPSA) is 26.0 Å². The molecule has 2 rings (SSSR count). The van der Waals surface area contributed by atoms with Gasteiger partial charge in [-0.25, -0.2) is 0 Å². The van der Waals surface area contributed by atoms with E-state index in [2.05, 4.69) is 30.5 Å². The van der Waals surface area contributed by atoms with Gasteiger partial charge in [0, 0.05) is 11.2 Å². The minimum Gasteiger partial charge on any atom is -0.326 e. The molecular weight excluding hydrogens is 166 g/mol. The van der Waals surface area contributed by atoms with Crippen LogP contribution in [0.25, 0.3) is 10.1 Å². The average molecular weight is 177 g/mol. The van der Waals surface area contributed by atoms with Crippen molar-refractivity contribution in [3.8, 4) is 0 Å². The first-order valence-corrected chi connectivity index (χ1v) is 4.86. The van der Waals surface area contributed by atoms with Crippen molar-refractivity contribution < 1.29 is 0 Å². The predicted molar refractivity (Wildman–Crippen MR) is 54.5 cm³/mol. The van der Waals surface area contributed by atoms with E-state index < -0.39 is 0 Å². The van der Waals surface area contributed by atoms with Crippen LogP contribution < -0.4 is 5.73 Å². The summed E-state index contributed by atoms with van der Waals surface area (Å²) in [6.45, 7) is 2.77. The van der Waals surface area contributed by atoms with Crippen LogP contribution in [0.5, 0.6) is 0 Å². The molecule has 1 heterocycles. The molecule has 0 aliphatic heterocycles. The van der Waals surface area contributed by atoms with Crippen molar-refractivity contribution in [2.75, 3.05) is 0 Å². The van der Waals surface area contributed by atoms with Crippen molar-refractivity contribution >= 4 is 21.4 Å². The van der Waals surface area contributed by atoms with Gasteiger partial charge >= 0.3 is 0 Å². The van der Waals surface area contributed by atoms with E-state index in [4.69, 9.17) is 5.73 Å².